The molecular formula is C12H25N. The molecule has 0 aromatic rings. The van der Waals surface area contributed by atoms with Crippen molar-refractivity contribution in [3.63, 3.8) is 0 Å². The Balaban J connectivity index is 3.21. The lowest BCUT2D eigenvalue weighted by molar-refractivity contribution is 0.634. The first-order chi connectivity index (χ1) is 6.31. The van der Waals surface area contributed by atoms with E-state index in [-0.39, 0.29) is 0 Å². The molecule has 0 atom stereocenters. The van der Waals surface area contributed by atoms with Gasteiger partial charge in [0.05, 0.1) is 0 Å². The molecule has 1 nitrogen and oxygen atoms in total. The molecule has 0 aliphatic heterocycles. The maximum atomic E-state index is 3.44. The first-order valence-electron chi connectivity index (χ1n) is 5.71. The largest absolute Gasteiger partial charge is 0.389 e. The molecule has 0 saturated carbocycles. The maximum absolute atomic E-state index is 3.44. The fourth-order valence-corrected chi connectivity index (χ4v) is 1.27. The van der Waals surface area contributed by atoms with Gasteiger partial charge in [0.15, 0.2) is 0 Å². The van der Waals surface area contributed by atoms with E-state index in [1.807, 2.05) is 0 Å². The highest BCUT2D eigenvalue weighted by molar-refractivity contribution is 4.94. The van der Waals surface area contributed by atoms with E-state index < -0.39 is 0 Å². The van der Waals surface area contributed by atoms with Crippen LogP contribution in [0.2, 0.25) is 0 Å². The Labute approximate surface area is 83.6 Å². The van der Waals surface area contributed by atoms with Crippen LogP contribution in [0.25, 0.3) is 0 Å². The van der Waals surface area contributed by atoms with Gasteiger partial charge in [0.1, 0.15) is 0 Å². The Kier molecular flexibility index (Phi) is 9.29. The van der Waals surface area contributed by atoms with Crippen molar-refractivity contribution < 1.29 is 0 Å². The quantitative estimate of drug-likeness (QED) is 0.563. The minimum atomic E-state index is 1.14. The third-order valence-corrected chi connectivity index (χ3v) is 2.17. The third-order valence-electron chi connectivity index (χ3n) is 2.17. The monoisotopic (exact) mass is 183 g/mol. The van der Waals surface area contributed by atoms with Crippen LogP contribution in [0.5, 0.6) is 0 Å². The van der Waals surface area contributed by atoms with E-state index in [0.29, 0.717) is 0 Å². The summed E-state index contributed by atoms with van der Waals surface area (Å²) in [4.78, 5) is 0. The van der Waals surface area contributed by atoms with E-state index in [1.165, 1.54) is 44.2 Å². The molecule has 1 heteroatoms. The van der Waals surface area contributed by atoms with Crippen molar-refractivity contribution in [2.75, 3.05) is 6.54 Å². The molecule has 0 heterocycles. The molecule has 0 aromatic carbocycles. The van der Waals surface area contributed by atoms with Crippen molar-refractivity contribution in [3.8, 4) is 0 Å². The molecule has 0 aliphatic rings. The number of nitrogens with one attached hydrogen (secondary N) is 1. The SMILES string of the molecule is CCC/C=C(/C)NCCCCCC. The number of unbranched alkanes of at least 4 members (excludes halogenated alkanes) is 4. The molecule has 0 unspecified atom stereocenters. The molecule has 0 fully saturated rings. The van der Waals surface area contributed by atoms with Gasteiger partial charge in [-0.25, -0.2) is 0 Å². The predicted octanol–water partition coefficient (Wildman–Crippen LogP) is 3.86. The lowest BCUT2D eigenvalue weighted by atomic mass is 10.2. The normalized spacial score (nSPS) is 11.8. The second kappa shape index (κ2) is 9.63. The second-order valence-corrected chi connectivity index (χ2v) is 3.66. The first kappa shape index (κ1) is 12.5. The van der Waals surface area contributed by atoms with E-state index in [1.54, 1.807) is 0 Å². The van der Waals surface area contributed by atoms with Crippen LogP contribution in [-0.2, 0) is 0 Å². The van der Waals surface area contributed by atoms with Crippen LogP contribution in [-0.4, -0.2) is 6.54 Å². The highest BCUT2D eigenvalue weighted by Crippen LogP contribution is 1.99. The van der Waals surface area contributed by atoms with Gasteiger partial charge < -0.3 is 5.32 Å². The minimum absolute atomic E-state index is 1.14. The van der Waals surface area contributed by atoms with Crippen molar-refractivity contribution in [2.24, 2.45) is 0 Å². The van der Waals surface area contributed by atoms with Gasteiger partial charge in [-0.2, -0.15) is 0 Å². The summed E-state index contributed by atoms with van der Waals surface area (Å²) in [7, 11) is 0. The van der Waals surface area contributed by atoms with E-state index in [2.05, 4.69) is 32.2 Å². The molecule has 1 N–H and O–H groups in total. The van der Waals surface area contributed by atoms with Crippen molar-refractivity contribution in [1.82, 2.24) is 5.32 Å². The highest BCUT2D eigenvalue weighted by atomic mass is 14.9. The predicted molar refractivity (Wildman–Crippen MR) is 60.8 cm³/mol. The maximum Gasteiger partial charge on any atom is 0.0143 e. The molecule has 0 saturated heterocycles. The lowest BCUT2D eigenvalue weighted by Crippen LogP contribution is -2.12. The van der Waals surface area contributed by atoms with Gasteiger partial charge in [-0.3, -0.25) is 0 Å². The van der Waals surface area contributed by atoms with Gasteiger partial charge in [0, 0.05) is 12.2 Å². The van der Waals surface area contributed by atoms with Crippen LogP contribution in [0, 0.1) is 0 Å². The van der Waals surface area contributed by atoms with Gasteiger partial charge in [0.25, 0.3) is 0 Å². The molecule has 0 aliphatic carbocycles. The Hall–Kier alpha value is -0.460. The lowest BCUT2D eigenvalue weighted by Gasteiger charge is -2.05. The van der Waals surface area contributed by atoms with Gasteiger partial charge >= 0.3 is 0 Å². The average Bonchev–Trinajstić information content (AvgIpc) is 2.14. The number of hydrogen-bond donors (Lipinski definition) is 1. The highest BCUT2D eigenvalue weighted by Gasteiger charge is 1.88. The third kappa shape index (κ3) is 9.45. The van der Waals surface area contributed by atoms with E-state index in [9.17, 15) is 0 Å². The molecule has 13 heavy (non-hydrogen) atoms. The first-order valence-corrected chi connectivity index (χ1v) is 5.71. The summed E-state index contributed by atoms with van der Waals surface area (Å²) in [5, 5.41) is 3.44. The number of rotatable bonds is 8. The van der Waals surface area contributed by atoms with E-state index in [0.717, 1.165) is 6.54 Å². The smallest absolute Gasteiger partial charge is 0.0143 e. The molecule has 0 spiro atoms. The molecule has 0 bridgehead atoms. The molecule has 0 aromatic heterocycles. The summed E-state index contributed by atoms with van der Waals surface area (Å²) in [5.74, 6) is 0. The van der Waals surface area contributed by atoms with Crippen LogP contribution < -0.4 is 5.32 Å². The van der Waals surface area contributed by atoms with Gasteiger partial charge in [-0.05, 0) is 19.8 Å². The Morgan fingerprint density at radius 1 is 1.08 bits per heavy atom. The fourth-order valence-electron chi connectivity index (χ4n) is 1.27. The Bertz CT molecular complexity index is 127. The average molecular weight is 183 g/mol. The fraction of sp³-hybridized carbons (Fsp3) is 0.833. The van der Waals surface area contributed by atoms with Crippen molar-refractivity contribution >= 4 is 0 Å². The summed E-state index contributed by atoms with van der Waals surface area (Å²) in [6, 6.07) is 0. The Morgan fingerprint density at radius 2 is 1.85 bits per heavy atom. The molecule has 0 rings (SSSR count). The van der Waals surface area contributed by atoms with Crippen molar-refractivity contribution in [1.29, 1.82) is 0 Å². The molecule has 78 valence electrons. The summed E-state index contributed by atoms with van der Waals surface area (Å²) in [6.07, 6.45) is 10.1. The number of allylic oxidation sites excluding steroid dienone is 2. The van der Waals surface area contributed by atoms with Crippen LogP contribution in [0.15, 0.2) is 11.8 Å². The Morgan fingerprint density at radius 3 is 2.46 bits per heavy atom. The van der Waals surface area contributed by atoms with E-state index >= 15 is 0 Å². The van der Waals surface area contributed by atoms with Crippen LogP contribution in [0.3, 0.4) is 0 Å². The van der Waals surface area contributed by atoms with Crippen LogP contribution in [0.1, 0.15) is 59.3 Å². The zero-order chi connectivity index (χ0) is 9.94. The zero-order valence-electron chi connectivity index (χ0n) is 9.53. The van der Waals surface area contributed by atoms with Crippen LogP contribution in [0.4, 0.5) is 0 Å². The van der Waals surface area contributed by atoms with Gasteiger partial charge in [0.2, 0.25) is 0 Å². The minimum Gasteiger partial charge on any atom is -0.389 e. The van der Waals surface area contributed by atoms with E-state index in [4.69, 9.17) is 0 Å². The van der Waals surface area contributed by atoms with Crippen molar-refractivity contribution in [3.05, 3.63) is 11.8 Å². The standard InChI is InChI=1S/C12H25N/c1-4-6-8-9-11-13-12(3)10-7-5-2/h10,13H,4-9,11H2,1-3H3/b12-10-. The summed E-state index contributed by atoms with van der Waals surface area (Å²) < 4.78 is 0. The molecule has 0 amide bonds. The van der Waals surface area contributed by atoms with Crippen LogP contribution >= 0.6 is 0 Å². The molecular weight excluding hydrogens is 158 g/mol. The molecule has 0 radical (unpaired) electrons. The summed E-state index contributed by atoms with van der Waals surface area (Å²) in [6.45, 7) is 7.77. The van der Waals surface area contributed by atoms with Gasteiger partial charge in [-0.1, -0.05) is 45.6 Å². The van der Waals surface area contributed by atoms with Crippen molar-refractivity contribution in [2.45, 2.75) is 59.3 Å². The van der Waals surface area contributed by atoms with Gasteiger partial charge in [-0.15, -0.1) is 0 Å². The second-order valence-electron chi connectivity index (χ2n) is 3.66. The topological polar surface area (TPSA) is 12.0 Å². The summed E-state index contributed by atoms with van der Waals surface area (Å²) in [5.41, 5.74) is 1.35. The number of hydrogen-bond acceptors (Lipinski definition) is 1. The summed E-state index contributed by atoms with van der Waals surface area (Å²) >= 11 is 0. The zero-order valence-corrected chi connectivity index (χ0v) is 9.53.